The minimum atomic E-state index is -0.394. The Bertz CT molecular complexity index is 792. The smallest absolute Gasteiger partial charge is 0.275 e. The molecule has 7 nitrogen and oxygen atoms in total. The molecule has 2 aromatic rings. The molecule has 1 aliphatic rings. The van der Waals surface area contributed by atoms with Gasteiger partial charge in [-0.1, -0.05) is 30.9 Å². The Morgan fingerprint density at radius 3 is 2.44 bits per heavy atom. The van der Waals surface area contributed by atoms with Crippen LogP contribution in [-0.2, 0) is 0 Å². The van der Waals surface area contributed by atoms with E-state index in [0.29, 0.717) is 34.1 Å². The number of benzene rings is 1. The summed E-state index contributed by atoms with van der Waals surface area (Å²) < 4.78 is 10.5. The summed E-state index contributed by atoms with van der Waals surface area (Å²) in [6.45, 7) is 0. The number of ether oxygens (including phenoxy) is 2. The molecule has 0 bridgehead atoms. The Labute approximate surface area is 163 Å². The number of carbonyl (C=O) groups is 1. The summed E-state index contributed by atoms with van der Waals surface area (Å²) >= 11 is 6.08. The third-order valence-corrected chi connectivity index (χ3v) is 4.86. The maximum absolute atomic E-state index is 12.5. The summed E-state index contributed by atoms with van der Waals surface area (Å²) in [7, 11) is 3.00. The van der Waals surface area contributed by atoms with Crippen LogP contribution in [0.15, 0.2) is 24.5 Å². The van der Waals surface area contributed by atoms with Gasteiger partial charge in [0.2, 0.25) is 0 Å². The van der Waals surface area contributed by atoms with Crippen molar-refractivity contribution in [2.75, 3.05) is 24.9 Å². The fraction of sp³-hybridized carbons (Fsp3) is 0.421. The molecule has 1 fully saturated rings. The van der Waals surface area contributed by atoms with Crippen molar-refractivity contribution in [1.82, 2.24) is 9.97 Å². The molecule has 1 aliphatic carbocycles. The van der Waals surface area contributed by atoms with Gasteiger partial charge in [-0.3, -0.25) is 4.79 Å². The zero-order chi connectivity index (χ0) is 19.2. The maximum atomic E-state index is 12.5. The highest BCUT2D eigenvalue weighted by Crippen LogP contribution is 2.36. The average Bonchev–Trinajstić information content (AvgIpc) is 2.70. The Kier molecular flexibility index (Phi) is 6.34. The lowest BCUT2D eigenvalue weighted by molar-refractivity contribution is 0.102. The highest BCUT2D eigenvalue weighted by atomic mass is 35.5. The van der Waals surface area contributed by atoms with Gasteiger partial charge in [0.25, 0.3) is 5.91 Å². The first-order chi connectivity index (χ1) is 13.1. The van der Waals surface area contributed by atoms with E-state index >= 15 is 0 Å². The second-order valence-electron chi connectivity index (χ2n) is 6.41. The highest BCUT2D eigenvalue weighted by molar-refractivity contribution is 6.32. The Morgan fingerprint density at radius 2 is 1.81 bits per heavy atom. The van der Waals surface area contributed by atoms with Crippen molar-refractivity contribution < 1.29 is 14.3 Å². The molecule has 3 rings (SSSR count). The summed E-state index contributed by atoms with van der Waals surface area (Å²) in [5, 5.41) is 6.53. The van der Waals surface area contributed by atoms with E-state index in [1.807, 2.05) is 0 Å². The van der Waals surface area contributed by atoms with Crippen LogP contribution in [0.2, 0.25) is 5.02 Å². The van der Waals surface area contributed by atoms with Crippen molar-refractivity contribution in [2.24, 2.45) is 0 Å². The van der Waals surface area contributed by atoms with E-state index in [-0.39, 0.29) is 5.69 Å². The summed E-state index contributed by atoms with van der Waals surface area (Å²) in [5.41, 5.74) is 0.648. The molecule has 1 aromatic heterocycles. The van der Waals surface area contributed by atoms with Crippen LogP contribution in [0.1, 0.15) is 42.6 Å². The number of methoxy groups -OCH3 is 2. The van der Waals surface area contributed by atoms with Gasteiger partial charge < -0.3 is 20.1 Å². The van der Waals surface area contributed by atoms with E-state index < -0.39 is 5.91 Å². The van der Waals surface area contributed by atoms with Crippen LogP contribution in [-0.4, -0.2) is 36.1 Å². The van der Waals surface area contributed by atoms with Gasteiger partial charge in [0.15, 0.2) is 0 Å². The topological polar surface area (TPSA) is 85.4 Å². The van der Waals surface area contributed by atoms with E-state index in [0.717, 1.165) is 12.8 Å². The van der Waals surface area contributed by atoms with E-state index in [4.69, 9.17) is 21.1 Å². The standard InChI is InChI=1S/C19H23ClN4O3/c1-26-16-9-14(17(27-2)8-13(16)20)24-19(25)15-10-22-18(11-21-15)23-12-6-4-3-5-7-12/h8-12H,3-7H2,1-2H3,(H,22,23)(H,24,25). The second-order valence-corrected chi connectivity index (χ2v) is 6.81. The number of amides is 1. The molecule has 0 saturated heterocycles. The summed E-state index contributed by atoms with van der Waals surface area (Å²) in [6, 6.07) is 3.61. The van der Waals surface area contributed by atoms with Crippen LogP contribution in [0, 0.1) is 0 Å². The van der Waals surface area contributed by atoms with E-state index in [1.54, 1.807) is 18.3 Å². The molecule has 2 N–H and O–H groups in total. The lowest BCUT2D eigenvalue weighted by atomic mass is 9.96. The quantitative estimate of drug-likeness (QED) is 0.770. The number of halogens is 1. The molecule has 0 spiro atoms. The van der Waals surface area contributed by atoms with Crippen LogP contribution < -0.4 is 20.1 Å². The molecule has 0 atom stereocenters. The Hall–Kier alpha value is -2.54. The number of anilines is 2. The normalized spacial score (nSPS) is 14.5. The molecule has 1 amide bonds. The molecular weight excluding hydrogens is 368 g/mol. The highest BCUT2D eigenvalue weighted by Gasteiger charge is 2.16. The molecule has 0 radical (unpaired) electrons. The van der Waals surface area contributed by atoms with E-state index in [2.05, 4.69) is 20.6 Å². The van der Waals surface area contributed by atoms with Gasteiger partial charge in [-0.05, 0) is 12.8 Å². The van der Waals surface area contributed by atoms with Crippen molar-refractivity contribution in [3.63, 3.8) is 0 Å². The molecule has 1 saturated carbocycles. The number of hydrogen-bond acceptors (Lipinski definition) is 6. The van der Waals surface area contributed by atoms with Gasteiger partial charge in [-0.15, -0.1) is 0 Å². The van der Waals surface area contributed by atoms with E-state index in [1.165, 1.54) is 39.7 Å². The SMILES string of the molecule is COc1cc(NC(=O)c2cnc(NC3CCCCC3)cn2)c(OC)cc1Cl. The van der Waals surface area contributed by atoms with Crippen LogP contribution in [0.3, 0.4) is 0 Å². The van der Waals surface area contributed by atoms with Crippen LogP contribution in [0.25, 0.3) is 0 Å². The molecule has 1 heterocycles. The summed E-state index contributed by atoms with van der Waals surface area (Å²) in [5.74, 6) is 1.15. The predicted molar refractivity (Wildman–Crippen MR) is 105 cm³/mol. The van der Waals surface area contributed by atoms with Crippen molar-refractivity contribution >= 4 is 29.0 Å². The zero-order valence-electron chi connectivity index (χ0n) is 15.4. The first-order valence-electron chi connectivity index (χ1n) is 8.92. The Balaban J connectivity index is 1.69. The van der Waals surface area contributed by atoms with Crippen molar-refractivity contribution in [1.29, 1.82) is 0 Å². The molecule has 27 heavy (non-hydrogen) atoms. The maximum Gasteiger partial charge on any atom is 0.275 e. The monoisotopic (exact) mass is 390 g/mol. The average molecular weight is 391 g/mol. The van der Waals surface area contributed by atoms with Crippen LogP contribution >= 0.6 is 11.6 Å². The van der Waals surface area contributed by atoms with Crippen molar-refractivity contribution in [3.05, 3.63) is 35.2 Å². The van der Waals surface area contributed by atoms with Gasteiger partial charge in [-0.25, -0.2) is 9.97 Å². The second kappa shape index (κ2) is 8.90. The van der Waals surface area contributed by atoms with Gasteiger partial charge in [0, 0.05) is 18.2 Å². The van der Waals surface area contributed by atoms with Gasteiger partial charge in [0.05, 0.1) is 37.3 Å². The van der Waals surface area contributed by atoms with Crippen molar-refractivity contribution in [3.8, 4) is 11.5 Å². The third kappa shape index (κ3) is 4.80. The summed E-state index contributed by atoms with van der Waals surface area (Å²) in [4.78, 5) is 21.0. The Morgan fingerprint density at radius 1 is 1.07 bits per heavy atom. The van der Waals surface area contributed by atoms with Crippen LogP contribution in [0.4, 0.5) is 11.5 Å². The fourth-order valence-electron chi connectivity index (χ4n) is 3.12. The molecule has 0 aliphatic heterocycles. The number of nitrogens with one attached hydrogen (secondary N) is 2. The molecule has 8 heteroatoms. The zero-order valence-corrected chi connectivity index (χ0v) is 16.2. The predicted octanol–water partition coefficient (Wildman–Crippen LogP) is 4.14. The first kappa shape index (κ1) is 19.2. The van der Waals surface area contributed by atoms with Crippen molar-refractivity contribution in [2.45, 2.75) is 38.1 Å². The fourth-order valence-corrected chi connectivity index (χ4v) is 3.35. The van der Waals surface area contributed by atoms with Gasteiger partial charge in [-0.2, -0.15) is 0 Å². The van der Waals surface area contributed by atoms with Crippen LogP contribution in [0.5, 0.6) is 11.5 Å². The largest absolute Gasteiger partial charge is 0.495 e. The number of rotatable bonds is 6. The number of aromatic nitrogens is 2. The molecule has 144 valence electrons. The molecule has 1 aromatic carbocycles. The number of nitrogens with zero attached hydrogens (tertiary/aromatic N) is 2. The van der Waals surface area contributed by atoms with Gasteiger partial charge >= 0.3 is 0 Å². The van der Waals surface area contributed by atoms with Gasteiger partial charge in [0.1, 0.15) is 23.0 Å². The minimum Gasteiger partial charge on any atom is -0.495 e. The molecular formula is C19H23ClN4O3. The summed E-state index contributed by atoms with van der Waals surface area (Å²) in [6.07, 6.45) is 9.09. The number of hydrogen-bond donors (Lipinski definition) is 2. The first-order valence-corrected chi connectivity index (χ1v) is 9.30. The minimum absolute atomic E-state index is 0.208. The number of carbonyl (C=O) groups excluding carboxylic acids is 1. The lowest BCUT2D eigenvalue weighted by Crippen LogP contribution is -2.23. The third-order valence-electron chi connectivity index (χ3n) is 4.56. The molecule has 0 unspecified atom stereocenters. The lowest BCUT2D eigenvalue weighted by Gasteiger charge is -2.23. The van der Waals surface area contributed by atoms with E-state index in [9.17, 15) is 4.79 Å².